The molecule has 0 unspecified atom stereocenters. The molecule has 1 aromatic carbocycles. The number of hydrogen-bond acceptors (Lipinski definition) is 2. The van der Waals surface area contributed by atoms with Crippen molar-refractivity contribution < 1.29 is 15.0 Å². The average Bonchev–Trinajstić information content (AvgIpc) is 2.16. The second-order valence-corrected chi connectivity index (χ2v) is 3.41. The van der Waals surface area contributed by atoms with Crippen LogP contribution in [0, 0.1) is 0 Å². The summed E-state index contributed by atoms with van der Waals surface area (Å²) in [5, 5.41) is 18.1. The van der Waals surface area contributed by atoms with Gasteiger partial charge in [0.2, 0.25) is 0 Å². The fraction of sp³-hybridized carbons (Fsp3) is 0.364. The summed E-state index contributed by atoms with van der Waals surface area (Å²) in [6.45, 7) is 3.29. The Morgan fingerprint density at radius 2 is 1.86 bits per heavy atom. The molecule has 0 amide bonds. The van der Waals surface area contributed by atoms with Crippen molar-refractivity contribution in [2.24, 2.45) is 0 Å². The molecule has 0 aromatic heterocycles. The van der Waals surface area contributed by atoms with Crippen LogP contribution in [0.15, 0.2) is 24.3 Å². The van der Waals surface area contributed by atoms with Crippen LogP contribution in [0.2, 0.25) is 0 Å². The molecule has 3 nitrogen and oxygen atoms in total. The molecule has 0 spiro atoms. The molecule has 1 rings (SSSR count). The van der Waals surface area contributed by atoms with Gasteiger partial charge in [-0.2, -0.15) is 0 Å². The number of aliphatic carboxylic acids is 1. The Morgan fingerprint density at radius 3 is 2.36 bits per heavy atom. The van der Waals surface area contributed by atoms with Gasteiger partial charge in [-0.15, -0.1) is 0 Å². The number of carboxylic acids is 1. The van der Waals surface area contributed by atoms with Crippen LogP contribution in [-0.2, 0) is 4.79 Å². The minimum absolute atomic E-state index is 0.534. The van der Waals surface area contributed by atoms with E-state index in [4.69, 9.17) is 5.11 Å². The van der Waals surface area contributed by atoms with Gasteiger partial charge in [0.25, 0.3) is 0 Å². The van der Waals surface area contributed by atoms with Gasteiger partial charge in [-0.3, -0.25) is 4.79 Å². The van der Waals surface area contributed by atoms with E-state index in [0.717, 1.165) is 11.1 Å². The van der Waals surface area contributed by atoms with Crippen molar-refractivity contribution in [2.75, 3.05) is 0 Å². The van der Waals surface area contributed by atoms with Gasteiger partial charge in [-0.25, -0.2) is 0 Å². The zero-order chi connectivity index (χ0) is 10.7. The number of aliphatic hydroxyl groups excluding tert-OH is 1. The summed E-state index contributed by atoms with van der Waals surface area (Å²) < 4.78 is 0. The molecule has 76 valence electrons. The summed E-state index contributed by atoms with van der Waals surface area (Å²) >= 11 is 0. The van der Waals surface area contributed by atoms with Crippen LogP contribution in [0.1, 0.15) is 37.0 Å². The quantitative estimate of drug-likeness (QED) is 0.773. The van der Waals surface area contributed by atoms with Crippen LogP contribution in [-0.4, -0.2) is 16.2 Å². The maximum Gasteiger partial charge on any atom is 0.310 e. The molecule has 14 heavy (non-hydrogen) atoms. The third kappa shape index (κ3) is 2.33. The van der Waals surface area contributed by atoms with Crippen molar-refractivity contribution in [1.29, 1.82) is 0 Å². The summed E-state index contributed by atoms with van der Waals surface area (Å²) in [5.74, 6) is -1.39. The zero-order valence-corrected chi connectivity index (χ0v) is 8.27. The van der Waals surface area contributed by atoms with E-state index in [2.05, 4.69) is 0 Å². The Morgan fingerprint density at radius 1 is 1.29 bits per heavy atom. The Bertz CT molecular complexity index is 331. The van der Waals surface area contributed by atoms with E-state index in [1.54, 1.807) is 38.1 Å². The van der Waals surface area contributed by atoms with E-state index < -0.39 is 18.0 Å². The van der Waals surface area contributed by atoms with E-state index >= 15 is 0 Å². The first-order chi connectivity index (χ1) is 6.52. The highest BCUT2D eigenvalue weighted by Crippen LogP contribution is 2.20. The number of hydrogen-bond donors (Lipinski definition) is 2. The first kappa shape index (κ1) is 10.7. The van der Waals surface area contributed by atoms with E-state index in [9.17, 15) is 9.90 Å². The first-order valence-corrected chi connectivity index (χ1v) is 4.53. The van der Waals surface area contributed by atoms with E-state index in [1.807, 2.05) is 0 Å². The van der Waals surface area contributed by atoms with E-state index in [-0.39, 0.29) is 0 Å². The topological polar surface area (TPSA) is 57.5 Å². The largest absolute Gasteiger partial charge is 0.481 e. The molecule has 3 heteroatoms. The van der Waals surface area contributed by atoms with Crippen molar-refractivity contribution in [1.82, 2.24) is 0 Å². The molecule has 0 aliphatic carbocycles. The monoisotopic (exact) mass is 194 g/mol. The number of carbonyl (C=O) groups is 1. The molecule has 0 aliphatic heterocycles. The summed E-state index contributed by atoms with van der Waals surface area (Å²) in [5.41, 5.74) is 1.46. The first-order valence-electron chi connectivity index (χ1n) is 4.53. The van der Waals surface area contributed by atoms with Crippen LogP contribution in [0.25, 0.3) is 0 Å². The molecule has 1 aromatic rings. The van der Waals surface area contributed by atoms with Crippen LogP contribution in [0.5, 0.6) is 0 Å². The van der Waals surface area contributed by atoms with Gasteiger partial charge >= 0.3 is 5.97 Å². The lowest BCUT2D eigenvalue weighted by atomic mass is 9.98. The van der Waals surface area contributed by atoms with Gasteiger partial charge in [0.15, 0.2) is 0 Å². The predicted molar refractivity (Wildman–Crippen MR) is 53.1 cm³/mol. The van der Waals surface area contributed by atoms with Crippen molar-refractivity contribution in [3.05, 3.63) is 35.4 Å². The number of rotatable bonds is 3. The minimum Gasteiger partial charge on any atom is -0.481 e. The van der Waals surface area contributed by atoms with Crippen LogP contribution in [0.4, 0.5) is 0 Å². The Balaban J connectivity index is 2.99. The molecule has 2 N–H and O–H groups in total. The summed E-state index contributed by atoms with van der Waals surface area (Å²) in [6.07, 6.45) is -0.559. The normalized spacial score (nSPS) is 14.8. The lowest BCUT2D eigenvalue weighted by Crippen LogP contribution is -2.07. The highest BCUT2D eigenvalue weighted by Gasteiger charge is 2.14. The Kier molecular flexibility index (Phi) is 3.25. The van der Waals surface area contributed by atoms with Gasteiger partial charge in [0, 0.05) is 0 Å². The zero-order valence-electron chi connectivity index (χ0n) is 8.27. The van der Waals surface area contributed by atoms with Gasteiger partial charge in [-0.05, 0) is 25.0 Å². The third-order valence-electron chi connectivity index (χ3n) is 2.26. The highest BCUT2D eigenvalue weighted by atomic mass is 16.4. The van der Waals surface area contributed by atoms with Gasteiger partial charge in [-0.1, -0.05) is 24.3 Å². The summed E-state index contributed by atoms with van der Waals surface area (Å²) in [6, 6.07) is 7.02. The lowest BCUT2D eigenvalue weighted by molar-refractivity contribution is -0.138. The Labute approximate surface area is 83.0 Å². The van der Waals surface area contributed by atoms with Crippen molar-refractivity contribution in [2.45, 2.75) is 25.9 Å². The molecule has 2 atom stereocenters. The van der Waals surface area contributed by atoms with Gasteiger partial charge < -0.3 is 10.2 Å². The fourth-order valence-electron chi connectivity index (χ4n) is 1.23. The van der Waals surface area contributed by atoms with E-state index in [0.29, 0.717) is 0 Å². The fourth-order valence-corrected chi connectivity index (χ4v) is 1.23. The average molecular weight is 194 g/mol. The maximum atomic E-state index is 10.7. The van der Waals surface area contributed by atoms with Crippen molar-refractivity contribution in [3.63, 3.8) is 0 Å². The molecule has 0 saturated carbocycles. The molecule has 0 bridgehead atoms. The maximum absolute atomic E-state index is 10.7. The predicted octanol–water partition coefficient (Wildman–Crippen LogP) is 1.93. The van der Waals surface area contributed by atoms with E-state index in [1.165, 1.54) is 0 Å². The smallest absolute Gasteiger partial charge is 0.310 e. The second kappa shape index (κ2) is 4.24. The molecular weight excluding hydrogens is 180 g/mol. The SMILES string of the molecule is C[C@H](O)c1cccc([C@@H](C)C(=O)O)c1. The number of benzene rings is 1. The van der Waals surface area contributed by atoms with Gasteiger partial charge in [0.05, 0.1) is 12.0 Å². The van der Waals surface area contributed by atoms with Crippen molar-refractivity contribution in [3.8, 4) is 0 Å². The highest BCUT2D eigenvalue weighted by molar-refractivity contribution is 5.75. The summed E-state index contributed by atoms with van der Waals surface area (Å²) in [7, 11) is 0. The molecule has 0 radical (unpaired) electrons. The van der Waals surface area contributed by atoms with Crippen LogP contribution < -0.4 is 0 Å². The molecule has 0 aliphatic rings. The molecular formula is C11H14O3. The number of carboxylic acid groups (broad SMARTS) is 1. The van der Waals surface area contributed by atoms with Crippen LogP contribution >= 0.6 is 0 Å². The second-order valence-electron chi connectivity index (χ2n) is 3.41. The molecule has 0 fully saturated rings. The standard InChI is InChI=1S/C11H14O3/c1-7(11(13)14)9-4-3-5-10(6-9)8(2)12/h3-8,12H,1-2H3,(H,13,14)/t7-,8+/m1/s1. The third-order valence-corrected chi connectivity index (χ3v) is 2.26. The molecule has 0 saturated heterocycles. The number of aliphatic hydroxyl groups is 1. The lowest BCUT2D eigenvalue weighted by Gasteiger charge is -2.10. The van der Waals surface area contributed by atoms with Crippen LogP contribution in [0.3, 0.4) is 0 Å². The van der Waals surface area contributed by atoms with Gasteiger partial charge in [0.1, 0.15) is 0 Å². The molecule has 0 heterocycles. The Hall–Kier alpha value is -1.35. The summed E-state index contributed by atoms with van der Waals surface area (Å²) in [4.78, 5) is 10.7. The van der Waals surface area contributed by atoms with Crippen molar-refractivity contribution >= 4 is 5.97 Å². The minimum atomic E-state index is -0.854.